The van der Waals surface area contributed by atoms with Crippen LogP contribution in [0.4, 0.5) is 4.79 Å². The zero-order valence-corrected chi connectivity index (χ0v) is 8.41. The molecule has 1 unspecified atom stereocenters. The lowest BCUT2D eigenvalue weighted by molar-refractivity contribution is -0.0745. The highest BCUT2D eigenvalue weighted by Gasteiger charge is 2.21. The quantitative estimate of drug-likeness (QED) is 0.456. The van der Waals surface area contributed by atoms with E-state index in [1.165, 1.54) is 11.3 Å². The topological polar surface area (TPSA) is 66.6 Å². The van der Waals surface area contributed by atoms with Gasteiger partial charge < -0.3 is 5.73 Å². The van der Waals surface area contributed by atoms with E-state index in [1.54, 1.807) is 6.08 Å². The van der Waals surface area contributed by atoms with Gasteiger partial charge in [-0.1, -0.05) is 12.1 Å². The van der Waals surface area contributed by atoms with E-state index in [9.17, 15) is 10.0 Å². The SMILES string of the molecule is C=CCC(c1cccs1)N(O)C(N)=O. The Bertz CT molecular complexity index is 311. The highest BCUT2D eigenvalue weighted by atomic mass is 32.1. The van der Waals surface area contributed by atoms with Gasteiger partial charge in [0.25, 0.3) is 0 Å². The van der Waals surface area contributed by atoms with E-state index in [0.717, 1.165) is 4.88 Å². The van der Waals surface area contributed by atoms with Crippen LogP contribution in [0.2, 0.25) is 0 Å². The molecule has 0 radical (unpaired) electrons. The molecule has 1 rings (SSSR count). The first-order chi connectivity index (χ1) is 6.66. The maximum atomic E-state index is 10.8. The highest BCUT2D eigenvalue weighted by Crippen LogP contribution is 2.26. The number of hydroxylamine groups is 2. The number of carbonyl (C=O) groups excluding carboxylic acids is 1. The Morgan fingerprint density at radius 2 is 2.57 bits per heavy atom. The molecule has 0 spiro atoms. The normalized spacial score (nSPS) is 12.1. The van der Waals surface area contributed by atoms with Crippen LogP contribution in [0.1, 0.15) is 17.3 Å². The van der Waals surface area contributed by atoms with Crippen LogP contribution >= 0.6 is 11.3 Å². The lowest BCUT2D eigenvalue weighted by Crippen LogP contribution is -2.35. The second-order valence-electron chi connectivity index (χ2n) is 2.74. The Morgan fingerprint density at radius 1 is 1.86 bits per heavy atom. The van der Waals surface area contributed by atoms with Crippen molar-refractivity contribution >= 4 is 17.4 Å². The molecular weight excluding hydrogens is 200 g/mol. The van der Waals surface area contributed by atoms with Gasteiger partial charge >= 0.3 is 6.03 Å². The molecule has 1 atom stereocenters. The van der Waals surface area contributed by atoms with E-state index >= 15 is 0 Å². The molecule has 76 valence electrons. The van der Waals surface area contributed by atoms with Crippen molar-refractivity contribution in [3.05, 3.63) is 35.0 Å². The number of hydrogen-bond donors (Lipinski definition) is 2. The third-order valence-corrected chi connectivity index (χ3v) is 2.76. The van der Waals surface area contributed by atoms with Crippen LogP contribution in [-0.4, -0.2) is 16.3 Å². The summed E-state index contributed by atoms with van der Waals surface area (Å²) in [6.07, 6.45) is 2.11. The first-order valence-electron chi connectivity index (χ1n) is 4.08. The highest BCUT2D eigenvalue weighted by molar-refractivity contribution is 7.10. The second-order valence-corrected chi connectivity index (χ2v) is 3.72. The molecule has 5 heteroatoms. The fourth-order valence-electron chi connectivity index (χ4n) is 1.13. The number of rotatable bonds is 4. The zero-order valence-electron chi connectivity index (χ0n) is 7.59. The van der Waals surface area contributed by atoms with Crippen molar-refractivity contribution in [2.75, 3.05) is 0 Å². The van der Waals surface area contributed by atoms with Crippen LogP contribution in [0.15, 0.2) is 30.2 Å². The molecule has 14 heavy (non-hydrogen) atoms. The average Bonchev–Trinajstić information content (AvgIpc) is 2.65. The molecule has 0 saturated carbocycles. The molecule has 0 bridgehead atoms. The first kappa shape index (κ1) is 10.7. The Kier molecular flexibility index (Phi) is 3.67. The molecule has 2 amide bonds. The summed E-state index contributed by atoms with van der Waals surface area (Å²) in [4.78, 5) is 11.7. The Hall–Kier alpha value is -1.33. The van der Waals surface area contributed by atoms with E-state index in [0.29, 0.717) is 11.5 Å². The molecule has 1 heterocycles. The first-order valence-corrected chi connectivity index (χ1v) is 4.96. The van der Waals surface area contributed by atoms with E-state index in [1.807, 2.05) is 17.5 Å². The summed E-state index contributed by atoms with van der Waals surface area (Å²) in [6.45, 7) is 3.57. The molecular formula is C9H12N2O2S. The molecule has 0 aliphatic heterocycles. The summed E-state index contributed by atoms with van der Waals surface area (Å²) in [7, 11) is 0. The van der Waals surface area contributed by atoms with Gasteiger partial charge in [-0.15, -0.1) is 17.9 Å². The standard InChI is InChI=1S/C9H12N2O2S/c1-2-4-7(11(13)9(10)12)8-5-3-6-14-8/h2-3,5-7,13H,1,4H2,(H2,10,12). The van der Waals surface area contributed by atoms with Crippen molar-refractivity contribution in [1.82, 2.24) is 5.06 Å². The molecule has 1 aromatic heterocycles. The molecule has 0 saturated heterocycles. The van der Waals surface area contributed by atoms with Crippen molar-refractivity contribution < 1.29 is 10.0 Å². The van der Waals surface area contributed by atoms with Crippen molar-refractivity contribution in [2.24, 2.45) is 5.73 Å². The number of nitrogens with zero attached hydrogens (tertiary/aromatic N) is 1. The van der Waals surface area contributed by atoms with Crippen molar-refractivity contribution in [2.45, 2.75) is 12.5 Å². The minimum atomic E-state index is -0.856. The van der Waals surface area contributed by atoms with Crippen LogP contribution in [0.5, 0.6) is 0 Å². The number of amides is 2. The summed E-state index contributed by atoms with van der Waals surface area (Å²) in [5, 5.41) is 11.8. The van der Waals surface area contributed by atoms with E-state index in [2.05, 4.69) is 6.58 Å². The lowest BCUT2D eigenvalue weighted by atomic mass is 10.1. The van der Waals surface area contributed by atoms with Crippen LogP contribution in [0, 0.1) is 0 Å². The third-order valence-electron chi connectivity index (χ3n) is 1.78. The minimum absolute atomic E-state index is 0.426. The molecule has 0 aromatic carbocycles. The molecule has 1 aromatic rings. The summed E-state index contributed by atoms with van der Waals surface area (Å²) in [6, 6.07) is 2.41. The van der Waals surface area contributed by atoms with Gasteiger partial charge in [0.2, 0.25) is 0 Å². The molecule has 3 N–H and O–H groups in total. The number of primary amides is 1. The van der Waals surface area contributed by atoms with E-state index < -0.39 is 12.1 Å². The van der Waals surface area contributed by atoms with Crippen molar-refractivity contribution in [3.63, 3.8) is 0 Å². The fraction of sp³-hybridized carbons (Fsp3) is 0.222. The lowest BCUT2D eigenvalue weighted by Gasteiger charge is -2.21. The number of hydrogen-bond acceptors (Lipinski definition) is 3. The predicted octanol–water partition coefficient (Wildman–Crippen LogP) is 2.14. The molecule has 4 nitrogen and oxygen atoms in total. The fourth-order valence-corrected chi connectivity index (χ4v) is 1.95. The predicted molar refractivity (Wildman–Crippen MR) is 55.1 cm³/mol. The summed E-state index contributed by atoms with van der Waals surface area (Å²) >= 11 is 1.46. The van der Waals surface area contributed by atoms with Crippen LogP contribution in [0.25, 0.3) is 0 Å². The molecule has 0 fully saturated rings. The van der Waals surface area contributed by atoms with Gasteiger partial charge in [-0.3, -0.25) is 5.21 Å². The minimum Gasteiger partial charge on any atom is -0.350 e. The third kappa shape index (κ3) is 2.34. The van der Waals surface area contributed by atoms with Crippen molar-refractivity contribution in [3.8, 4) is 0 Å². The van der Waals surface area contributed by atoms with Gasteiger partial charge in [-0.25, -0.2) is 4.79 Å². The monoisotopic (exact) mass is 212 g/mol. The Balaban J connectivity index is 2.84. The van der Waals surface area contributed by atoms with Gasteiger partial charge in [0.05, 0.1) is 6.04 Å². The van der Waals surface area contributed by atoms with Gasteiger partial charge in [0.15, 0.2) is 0 Å². The maximum absolute atomic E-state index is 10.8. The maximum Gasteiger partial charge on any atom is 0.339 e. The van der Waals surface area contributed by atoms with E-state index in [4.69, 9.17) is 5.73 Å². The number of urea groups is 1. The largest absolute Gasteiger partial charge is 0.350 e. The van der Waals surface area contributed by atoms with Crippen LogP contribution in [-0.2, 0) is 0 Å². The summed E-state index contributed by atoms with van der Waals surface area (Å²) < 4.78 is 0. The summed E-state index contributed by atoms with van der Waals surface area (Å²) in [5.74, 6) is 0. The van der Waals surface area contributed by atoms with Crippen LogP contribution in [0.3, 0.4) is 0 Å². The second kappa shape index (κ2) is 4.78. The average molecular weight is 212 g/mol. The van der Waals surface area contributed by atoms with Crippen molar-refractivity contribution in [1.29, 1.82) is 0 Å². The summed E-state index contributed by atoms with van der Waals surface area (Å²) in [5.41, 5.74) is 4.98. The van der Waals surface area contributed by atoms with Gasteiger partial charge in [-0.2, -0.15) is 5.06 Å². The van der Waals surface area contributed by atoms with Crippen LogP contribution < -0.4 is 5.73 Å². The number of carbonyl (C=O) groups is 1. The number of thiophene rings is 1. The Morgan fingerprint density at radius 3 is 3.00 bits per heavy atom. The Labute approximate surface area is 86.2 Å². The van der Waals surface area contributed by atoms with Gasteiger partial charge in [0, 0.05) is 4.88 Å². The number of nitrogens with two attached hydrogens (primary N) is 1. The zero-order chi connectivity index (χ0) is 10.6. The van der Waals surface area contributed by atoms with Gasteiger partial charge in [-0.05, 0) is 17.9 Å². The molecule has 0 aliphatic rings. The molecule has 0 aliphatic carbocycles. The van der Waals surface area contributed by atoms with Gasteiger partial charge in [0.1, 0.15) is 0 Å². The smallest absolute Gasteiger partial charge is 0.339 e. The van der Waals surface area contributed by atoms with E-state index in [-0.39, 0.29) is 0 Å².